The van der Waals surface area contributed by atoms with Gasteiger partial charge < -0.3 is 52.7 Å². The second kappa shape index (κ2) is 21.7. The number of carboxylic acids is 2. The molecule has 0 bridgehead atoms. The summed E-state index contributed by atoms with van der Waals surface area (Å²) in [6.07, 6.45) is 0. The fraction of sp³-hybridized carbons (Fsp3) is 0.375. The Morgan fingerprint density at radius 1 is 0.561 bits per heavy atom. The molecule has 4 aromatic rings. The smallest absolute Gasteiger partial charge is 0.327 e. The predicted molar refractivity (Wildman–Crippen MR) is 254 cm³/mol. The van der Waals surface area contributed by atoms with E-state index in [1.54, 1.807) is 76.2 Å². The van der Waals surface area contributed by atoms with Gasteiger partial charge in [0.25, 0.3) is 0 Å². The molecule has 0 aromatic heterocycles. The van der Waals surface area contributed by atoms with E-state index in [-0.39, 0.29) is 22.6 Å². The number of carboxylic acid groups (broad SMARTS) is 2. The number of nitrogens with two attached hydrogens (primary N) is 2. The number of nitrogens with one attached hydrogen (secondary N) is 4. The lowest BCUT2D eigenvalue weighted by atomic mass is 9.95. The number of nitrogens with zero attached hydrogens (tertiary/aromatic N) is 2. The number of benzene rings is 4. The molecule has 0 saturated carbocycles. The van der Waals surface area contributed by atoms with Crippen LogP contribution in [0.25, 0.3) is 0 Å². The van der Waals surface area contributed by atoms with Crippen LogP contribution < -0.4 is 32.7 Å². The first-order valence-corrected chi connectivity index (χ1v) is 23.4. The highest BCUT2D eigenvalue weighted by molar-refractivity contribution is 8.02. The summed E-state index contributed by atoms with van der Waals surface area (Å²) in [4.78, 5) is 74.9. The van der Waals surface area contributed by atoms with Crippen molar-refractivity contribution in [3.63, 3.8) is 0 Å². The van der Waals surface area contributed by atoms with Crippen molar-refractivity contribution in [1.29, 1.82) is 0 Å². The SMILES string of the molecule is CC1(C)SC2C(NC(=O)C(N)c3ccccc3)C(=O)N2C1C(=O)O.CC1(C)SC2C(NC(=O)C(N)c3ccccc3)C(=O)N2C1C(=O)O.c1ccc(CNCCNCc2ccccc2)cc1. The highest BCUT2D eigenvalue weighted by Crippen LogP contribution is 2.52. The summed E-state index contributed by atoms with van der Waals surface area (Å²) in [5, 5.41) is 30.2. The maximum atomic E-state index is 12.3. The van der Waals surface area contributed by atoms with Crippen molar-refractivity contribution in [3.05, 3.63) is 144 Å². The minimum atomic E-state index is -1.03. The lowest BCUT2D eigenvalue weighted by Crippen LogP contribution is -2.71. The van der Waals surface area contributed by atoms with Crippen molar-refractivity contribution in [2.24, 2.45) is 11.5 Å². The number of hydrogen-bond donors (Lipinski definition) is 8. The lowest BCUT2D eigenvalue weighted by Gasteiger charge is -2.43. The molecule has 66 heavy (non-hydrogen) atoms. The number of fused-ring (bicyclic) bond motifs is 2. The third-order valence-corrected chi connectivity index (χ3v) is 14.8. The molecular weight excluding hydrogens is 881 g/mol. The van der Waals surface area contributed by atoms with E-state index in [0.29, 0.717) is 11.1 Å². The topological polar surface area (TPSA) is 250 Å². The molecular formula is C48H58N8O8S2. The molecule has 4 fully saturated rings. The average Bonchev–Trinajstić information content (AvgIpc) is 3.73. The molecule has 0 radical (unpaired) electrons. The van der Waals surface area contributed by atoms with E-state index in [2.05, 4.69) is 69.8 Å². The Kier molecular flexibility index (Phi) is 16.3. The van der Waals surface area contributed by atoms with Gasteiger partial charge in [0.15, 0.2) is 0 Å². The Morgan fingerprint density at radius 3 is 1.17 bits per heavy atom. The number of β-lactam (4-membered cyclic amide) rings is 2. The molecule has 8 rings (SSSR count). The van der Waals surface area contributed by atoms with Crippen LogP contribution >= 0.6 is 23.5 Å². The van der Waals surface area contributed by atoms with Gasteiger partial charge >= 0.3 is 11.9 Å². The maximum absolute atomic E-state index is 12.3. The van der Waals surface area contributed by atoms with Crippen LogP contribution in [0, 0.1) is 0 Å². The van der Waals surface area contributed by atoms with Gasteiger partial charge in [-0.25, -0.2) is 9.59 Å². The van der Waals surface area contributed by atoms with Crippen molar-refractivity contribution >= 4 is 59.1 Å². The van der Waals surface area contributed by atoms with E-state index >= 15 is 0 Å². The second-order valence-electron chi connectivity index (χ2n) is 17.3. The lowest BCUT2D eigenvalue weighted by molar-refractivity contribution is -0.161. The van der Waals surface area contributed by atoms with Crippen LogP contribution in [0.15, 0.2) is 121 Å². The van der Waals surface area contributed by atoms with Crippen LogP contribution in [0.1, 0.15) is 62.0 Å². The number of hydrogen-bond acceptors (Lipinski definition) is 12. The number of amides is 4. The summed E-state index contributed by atoms with van der Waals surface area (Å²) in [5.74, 6) is -3.71. The molecule has 18 heteroatoms. The summed E-state index contributed by atoms with van der Waals surface area (Å²) in [6.45, 7) is 11.0. The standard InChI is InChI=1S/2C16H19N3O4S.C16H20N2/c2*1-16(2)11(15(22)23)19-13(21)10(14(19)24-16)18-12(20)9(17)8-6-4-3-5-7-8;1-3-7-15(8-4-1)13-17-11-12-18-14-16-9-5-2-6-10-16/h2*3-7,9-11,14H,17H2,1-2H3,(H,18,20)(H,22,23);1-10,17-18H,11-14H2. The van der Waals surface area contributed by atoms with Crippen LogP contribution in [0.4, 0.5) is 0 Å². The zero-order chi connectivity index (χ0) is 47.8. The van der Waals surface area contributed by atoms with Crippen LogP contribution in [0.2, 0.25) is 0 Å². The van der Waals surface area contributed by atoms with Gasteiger partial charge in [0, 0.05) is 35.7 Å². The fourth-order valence-corrected chi connectivity index (χ4v) is 11.5. The Morgan fingerprint density at radius 2 is 0.864 bits per heavy atom. The van der Waals surface area contributed by atoms with Crippen molar-refractivity contribution < 1.29 is 39.0 Å². The predicted octanol–water partition coefficient (Wildman–Crippen LogP) is 3.20. The van der Waals surface area contributed by atoms with E-state index in [0.717, 1.165) is 26.2 Å². The molecule has 0 aliphatic carbocycles. The van der Waals surface area contributed by atoms with Gasteiger partial charge in [0.05, 0.1) is 0 Å². The molecule has 4 saturated heterocycles. The summed E-state index contributed by atoms with van der Waals surface area (Å²) >= 11 is 2.77. The Labute approximate surface area is 393 Å². The van der Waals surface area contributed by atoms with Crippen molar-refractivity contribution in [1.82, 2.24) is 31.1 Å². The van der Waals surface area contributed by atoms with E-state index in [1.165, 1.54) is 44.5 Å². The van der Waals surface area contributed by atoms with Gasteiger partial charge in [-0.2, -0.15) is 0 Å². The molecule has 8 unspecified atom stereocenters. The summed E-state index contributed by atoms with van der Waals surface area (Å²) in [6, 6.07) is 33.7. The number of aliphatic carboxylic acids is 2. The number of carbonyl (C=O) groups is 6. The first-order chi connectivity index (χ1) is 31.4. The Balaban J connectivity index is 0.000000166. The van der Waals surface area contributed by atoms with Crippen molar-refractivity contribution in [2.75, 3.05) is 13.1 Å². The molecule has 4 aliphatic heterocycles. The molecule has 4 amide bonds. The Hall–Kier alpha value is -5.76. The largest absolute Gasteiger partial charge is 0.480 e. The minimum Gasteiger partial charge on any atom is -0.480 e. The molecule has 10 N–H and O–H groups in total. The van der Waals surface area contributed by atoms with Crippen LogP contribution in [0.3, 0.4) is 0 Å². The summed E-state index contributed by atoms with van der Waals surface area (Å²) < 4.78 is -1.24. The summed E-state index contributed by atoms with van der Waals surface area (Å²) in [5.41, 5.74) is 15.9. The van der Waals surface area contributed by atoms with Crippen molar-refractivity contribution in [3.8, 4) is 0 Å². The minimum absolute atomic E-state index is 0.375. The zero-order valence-corrected chi connectivity index (χ0v) is 38.8. The maximum Gasteiger partial charge on any atom is 0.327 e. The molecule has 8 atom stereocenters. The molecule has 350 valence electrons. The normalized spacial score (nSPS) is 23.7. The first-order valence-electron chi connectivity index (χ1n) is 21.6. The van der Waals surface area contributed by atoms with Gasteiger partial charge in [-0.3, -0.25) is 19.2 Å². The van der Waals surface area contributed by atoms with Crippen LogP contribution in [-0.4, -0.2) is 113 Å². The van der Waals surface area contributed by atoms with Crippen LogP contribution in [-0.2, 0) is 41.9 Å². The van der Waals surface area contributed by atoms with Gasteiger partial charge in [0.2, 0.25) is 23.6 Å². The van der Waals surface area contributed by atoms with E-state index in [9.17, 15) is 39.0 Å². The molecule has 4 heterocycles. The fourth-order valence-electron chi connectivity index (χ4n) is 8.23. The van der Waals surface area contributed by atoms with Crippen LogP contribution in [0.5, 0.6) is 0 Å². The molecule has 4 aromatic carbocycles. The number of rotatable bonds is 15. The molecule has 4 aliphatic rings. The molecule has 0 spiro atoms. The third-order valence-electron chi connectivity index (χ3n) is 11.7. The average molecular weight is 939 g/mol. The molecule has 16 nitrogen and oxygen atoms in total. The van der Waals surface area contributed by atoms with E-state index in [1.807, 2.05) is 24.3 Å². The van der Waals surface area contributed by atoms with Gasteiger partial charge in [0.1, 0.15) is 47.0 Å². The highest BCUT2D eigenvalue weighted by Gasteiger charge is 2.65. The van der Waals surface area contributed by atoms with Gasteiger partial charge in [-0.15, -0.1) is 23.5 Å². The third kappa shape index (κ3) is 11.4. The van der Waals surface area contributed by atoms with E-state index < -0.39 is 69.5 Å². The summed E-state index contributed by atoms with van der Waals surface area (Å²) in [7, 11) is 0. The quantitative estimate of drug-likeness (QED) is 0.0630. The number of thioether (sulfide) groups is 2. The number of carbonyl (C=O) groups excluding carboxylic acids is 4. The zero-order valence-electron chi connectivity index (χ0n) is 37.2. The van der Waals surface area contributed by atoms with Gasteiger partial charge in [-0.05, 0) is 49.9 Å². The monoisotopic (exact) mass is 938 g/mol. The second-order valence-corrected chi connectivity index (χ2v) is 20.8. The van der Waals surface area contributed by atoms with E-state index in [4.69, 9.17) is 11.5 Å². The van der Waals surface area contributed by atoms with Crippen molar-refractivity contribution in [2.45, 2.75) is 97.3 Å². The Bertz CT molecular complexity index is 2170. The first kappa shape index (κ1) is 49.7. The highest BCUT2D eigenvalue weighted by atomic mass is 32.2. The van der Waals surface area contributed by atoms with Gasteiger partial charge in [-0.1, -0.05) is 121 Å².